The van der Waals surface area contributed by atoms with Gasteiger partial charge in [-0.05, 0) is 36.6 Å². The standard InChI is InChI=1S/C22H20Cl3N3O/c1-13-11-28(12-16-17(23)3-2-4-18(16)24)21(25)20(13)19(29)10-7-14-5-8-15(9-6-14)22(26)27/h2-6,8-9,11H,7,10,12H2,1H3,(H3,26,27). The van der Waals surface area contributed by atoms with Crippen LogP contribution in [0.15, 0.2) is 48.7 Å². The Hall–Kier alpha value is -2.27. The summed E-state index contributed by atoms with van der Waals surface area (Å²) in [5.74, 6) is 0.00199. The number of aryl methyl sites for hydroxylation is 2. The Bertz CT molecular complexity index is 1050. The van der Waals surface area contributed by atoms with Crippen molar-refractivity contribution in [1.82, 2.24) is 4.57 Å². The number of benzene rings is 2. The van der Waals surface area contributed by atoms with Crippen LogP contribution in [0.2, 0.25) is 15.2 Å². The van der Waals surface area contributed by atoms with Gasteiger partial charge < -0.3 is 10.3 Å². The first-order valence-corrected chi connectivity index (χ1v) is 10.2. The van der Waals surface area contributed by atoms with Gasteiger partial charge >= 0.3 is 0 Å². The number of nitrogens with two attached hydrogens (primary N) is 1. The molecule has 0 radical (unpaired) electrons. The van der Waals surface area contributed by atoms with E-state index in [9.17, 15) is 4.79 Å². The van der Waals surface area contributed by atoms with E-state index in [0.717, 1.165) is 16.7 Å². The molecule has 0 atom stereocenters. The van der Waals surface area contributed by atoms with E-state index in [1.165, 1.54) is 0 Å². The summed E-state index contributed by atoms with van der Waals surface area (Å²) in [6.07, 6.45) is 2.75. The van der Waals surface area contributed by atoms with Gasteiger partial charge in [0.15, 0.2) is 5.78 Å². The number of hydrogen-bond donors (Lipinski definition) is 2. The van der Waals surface area contributed by atoms with Crippen LogP contribution in [0.1, 0.15) is 39.0 Å². The monoisotopic (exact) mass is 447 g/mol. The molecule has 0 aliphatic heterocycles. The second-order valence-electron chi connectivity index (χ2n) is 6.84. The number of rotatable bonds is 7. The summed E-state index contributed by atoms with van der Waals surface area (Å²) in [7, 11) is 0. The molecule has 0 amide bonds. The van der Waals surface area contributed by atoms with Crippen LogP contribution >= 0.6 is 34.8 Å². The third kappa shape index (κ3) is 4.84. The highest BCUT2D eigenvalue weighted by molar-refractivity contribution is 6.36. The van der Waals surface area contributed by atoms with Crippen LogP contribution in [0.4, 0.5) is 0 Å². The van der Waals surface area contributed by atoms with Gasteiger partial charge in [0.25, 0.3) is 0 Å². The number of nitrogens with one attached hydrogen (secondary N) is 1. The number of hydrogen-bond acceptors (Lipinski definition) is 2. The second-order valence-corrected chi connectivity index (χ2v) is 8.01. The Balaban J connectivity index is 1.75. The van der Waals surface area contributed by atoms with Gasteiger partial charge in [-0.25, -0.2) is 0 Å². The molecule has 29 heavy (non-hydrogen) atoms. The zero-order chi connectivity index (χ0) is 21.1. The number of aromatic nitrogens is 1. The lowest BCUT2D eigenvalue weighted by Gasteiger charge is -2.10. The fourth-order valence-electron chi connectivity index (χ4n) is 3.20. The molecule has 0 bridgehead atoms. The molecular formula is C22H20Cl3N3O. The number of ketones is 1. The van der Waals surface area contributed by atoms with Crippen molar-refractivity contribution in [1.29, 1.82) is 5.41 Å². The summed E-state index contributed by atoms with van der Waals surface area (Å²) < 4.78 is 1.79. The Labute approximate surface area is 184 Å². The van der Waals surface area contributed by atoms with Crippen molar-refractivity contribution in [2.45, 2.75) is 26.3 Å². The van der Waals surface area contributed by atoms with Gasteiger partial charge in [-0.1, -0.05) is 65.1 Å². The highest BCUT2D eigenvalue weighted by atomic mass is 35.5. The first-order valence-electron chi connectivity index (χ1n) is 9.02. The highest BCUT2D eigenvalue weighted by Crippen LogP contribution is 2.30. The van der Waals surface area contributed by atoms with Crippen LogP contribution in [0.5, 0.6) is 0 Å². The van der Waals surface area contributed by atoms with E-state index in [2.05, 4.69) is 0 Å². The van der Waals surface area contributed by atoms with Crippen LogP contribution in [0.3, 0.4) is 0 Å². The van der Waals surface area contributed by atoms with Crippen molar-refractivity contribution in [2.24, 2.45) is 5.73 Å². The molecule has 150 valence electrons. The van der Waals surface area contributed by atoms with E-state index in [-0.39, 0.29) is 11.6 Å². The molecule has 0 aliphatic rings. The number of nitrogen functional groups attached to an aromatic ring is 1. The van der Waals surface area contributed by atoms with Crippen LogP contribution in [-0.2, 0) is 13.0 Å². The molecule has 1 aromatic heterocycles. The minimum atomic E-state index is -0.0212. The maximum absolute atomic E-state index is 12.8. The number of Topliss-reactive ketones (excluding diaryl/α,β-unsaturated/α-hetero) is 1. The lowest BCUT2D eigenvalue weighted by Crippen LogP contribution is -2.10. The predicted octanol–water partition coefficient (Wildman–Crippen LogP) is 5.90. The van der Waals surface area contributed by atoms with E-state index in [1.54, 1.807) is 34.9 Å². The average molecular weight is 449 g/mol. The van der Waals surface area contributed by atoms with Crippen molar-refractivity contribution >= 4 is 46.4 Å². The largest absolute Gasteiger partial charge is 0.384 e. The van der Waals surface area contributed by atoms with Crippen LogP contribution in [0.25, 0.3) is 0 Å². The lowest BCUT2D eigenvalue weighted by molar-refractivity contribution is 0.0982. The molecule has 4 nitrogen and oxygen atoms in total. The molecule has 3 aromatic rings. The molecule has 0 fully saturated rings. The van der Waals surface area contributed by atoms with E-state index in [4.69, 9.17) is 45.9 Å². The van der Waals surface area contributed by atoms with Crippen molar-refractivity contribution in [3.8, 4) is 0 Å². The topological polar surface area (TPSA) is 71.9 Å². The summed E-state index contributed by atoms with van der Waals surface area (Å²) in [4.78, 5) is 12.8. The van der Waals surface area contributed by atoms with E-state index >= 15 is 0 Å². The fourth-order valence-corrected chi connectivity index (χ4v) is 4.08. The maximum atomic E-state index is 12.8. The molecule has 3 N–H and O–H groups in total. The molecule has 0 spiro atoms. The number of amidine groups is 1. The van der Waals surface area contributed by atoms with Gasteiger partial charge in [-0.15, -0.1) is 0 Å². The predicted molar refractivity (Wildman–Crippen MR) is 120 cm³/mol. The molecule has 0 saturated heterocycles. The smallest absolute Gasteiger partial charge is 0.166 e. The van der Waals surface area contributed by atoms with Crippen LogP contribution in [-0.4, -0.2) is 16.2 Å². The zero-order valence-electron chi connectivity index (χ0n) is 15.8. The highest BCUT2D eigenvalue weighted by Gasteiger charge is 2.19. The molecule has 1 heterocycles. The van der Waals surface area contributed by atoms with E-state index in [1.807, 2.05) is 25.3 Å². The normalized spacial score (nSPS) is 10.9. The number of halogens is 3. The molecular weight excluding hydrogens is 429 g/mol. The summed E-state index contributed by atoms with van der Waals surface area (Å²) in [6, 6.07) is 12.7. The SMILES string of the molecule is Cc1cn(Cc2c(Cl)cccc2Cl)c(Cl)c1C(=O)CCc1ccc(C(=N)N)cc1. The van der Waals surface area contributed by atoms with E-state index in [0.29, 0.717) is 45.7 Å². The van der Waals surface area contributed by atoms with Crippen molar-refractivity contribution < 1.29 is 4.79 Å². The fraction of sp³-hybridized carbons (Fsp3) is 0.182. The zero-order valence-corrected chi connectivity index (χ0v) is 18.1. The molecule has 3 rings (SSSR count). The minimum Gasteiger partial charge on any atom is -0.384 e. The molecule has 0 aliphatic carbocycles. The van der Waals surface area contributed by atoms with Crippen LogP contribution in [0, 0.1) is 12.3 Å². The van der Waals surface area contributed by atoms with Gasteiger partial charge in [-0.3, -0.25) is 10.2 Å². The first-order chi connectivity index (χ1) is 13.8. The molecule has 7 heteroatoms. The van der Waals surface area contributed by atoms with E-state index < -0.39 is 0 Å². The number of nitrogens with zero attached hydrogens (tertiary/aromatic N) is 1. The van der Waals surface area contributed by atoms with Gasteiger partial charge in [0, 0.05) is 33.8 Å². The third-order valence-corrected chi connectivity index (χ3v) is 5.89. The van der Waals surface area contributed by atoms with Crippen molar-refractivity contribution in [3.63, 3.8) is 0 Å². The number of carbonyl (C=O) groups is 1. The lowest BCUT2D eigenvalue weighted by atomic mass is 10.0. The average Bonchev–Trinajstić information content (AvgIpc) is 2.96. The summed E-state index contributed by atoms with van der Waals surface area (Å²) in [5.41, 5.74) is 9.23. The minimum absolute atomic E-state index is 0.0212. The maximum Gasteiger partial charge on any atom is 0.166 e. The Morgan fingerprint density at radius 3 is 2.28 bits per heavy atom. The summed E-state index contributed by atoms with van der Waals surface area (Å²) in [6.45, 7) is 2.25. The van der Waals surface area contributed by atoms with Gasteiger partial charge in [0.2, 0.25) is 0 Å². The van der Waals surface area contributed by atoms with Gasteiger partial charge in [-0.2, -0.15) is 0 Å². The second kappa shape index (κ2) is 9.04. The molecule has 0 saturated carbocycles. The Morgan fingerprint density at radius 2 is 1.69 bits per heavy atom. The van der Waals surface area contributed by atoms with Crippen molar-refractivity contribution in [3.05, 3.63) is 91.7 Å². The summed E-state index contributed by atoms with van der Waals surface area (Å²) >= 11 is 19.1. The Morgan fingerprint density at radius 1 is 1.07 bits per heavy atom. The van der Waals surface area contributed by atoms with Gasteiger partial charge in [0.1, 0.15) is 11.0 Å². The van der Waals surface area contributed by atoms with Gasteiger partial charge in [0.05, 0.1) is 12.1 Å². The molecule has 0 unspecified atom stereocenters. The summed E-state index contributed by atoms with van der Waals surface area (Å²) in [5, 5.41) is 8.93. The van der Waals surface area contributed by atoms with Crippen LogP contribution < -0.4 is 5.73 Å². The molecule has 2 aromatic carbocycles. The number of carbonyl (C=O) groups excluding carboxylic acids is 1. The Kier molecular flexibility index (Phi) is 6.68. The third-order valence-electron chi connectivity index (χ3n) is 4.78. The van der Waals surface area contributed by atoms with Crippen molar-refractivity contribution in [2.75, 3.05) is 0 Å². The first kappa shape index (κ1) is 21.4. The quantitative estimate of drug-likeness (QED) is 0.268.